The summed E-state index contributed by atoms with van der Waals surface area (Å²) in [6.45, 7) is 1.85. The van der Waals surface area contributed by atoms with Crippen LogP contribution in [-0.4, -0.2) is 31.0 Å². The molecule has 24 heavy (non-hydrogen) atoms. The van der Waals surface area contributed by atoms with Crippen molar-refractivity contribution in [2.24, 2.45) is 5.73 Å². The van der Waals surface area contributed by atoms with Crippen LogP contribution < -0.4 is 5.73 Å². The van der Waals surface area contributed by atoms with Crippen molar-refractivity contribution in [3.8, 4) is 11.4 Å². The lowest BCUT2D eigenvalue weighted by Gasteiger charge is -2.09. The highest BCUT2D eigenvalue weighted by Gasteiger charge is 2.17. The Bertz CT molecular complexity index is 914. The Hall–Kier alpha value is -2.55. The Morgan fingerprint density at radius 3 is 2.71 bits per heavy atom. The Morgan fingerprint density at radius 2 is 2.04 bits per heavy atom. The summed E-state index contributed by atoms with van der Waals surface area (Å²) < 4.78 is 28.0. The highest BCUT2D eigenvalue weighted by atomic mass is 32.2. The number of aromatic nitrogens is 4. The summed E-state index contributed by atoms with van der Waals surface area (Å²) in [5, 5.41) is 12.4. The lowest BCUT2D eigenvalue weighted by atomic mass is 10.2. The number of primary amides is 1. The van der Waals surface area contributed by atoms with Gasteiger partial charge in [-0.15, -0.1) is 10.2 Å². The maximum atomic E-state index is 13.4. The van der Waals surface area contributed by atoms with E-state index in [4.69, 9.17) is 5.73 Å². The summed E-state index contributed by atoms with van der Waals surface area (Å²) in [5.74, 6) is -2.06. The molecule has 124 valence electrons. The monoisotopic (exact) mass is 349 g/mol. The van der Waals surface area contributed by atoms with E-state index >= 15 is 0 Å². The largest absolute Gasteiger partial charge is 0.369 e. The predicted octanol–water partition coefficient (Wildman–Crippen LogP) is 2.43. The van der Waals surface area contributed by atoms with Crippen LogP contribution in [0.4, 0.5) is 8.78 Å². The van der Waals surface area contributed by atoms with Crippen molar-refractivity contribution in [2.45, 2.75) is 23.6 Å². The van der Waals surface area contributed by atoms with Crippen LogP contribution in [0, 0.1) is 11.6 Å². The molecule has 0 radical (unpaired) electrons. The van der Waals surface area contributed by atoms with Crippen LogP contribution in [0.2, 0.25) is 0 Å². The second-order valence-electron chi connectivity index (χ2n) is 5.01. The predicted molar refractivity (Wildman–Crippen MR) is 85.3 cm³/mol. The molecule has 6 nitrogen and oxygen atoms in total. The molecule has 0 fully saturated rings. The molecule has 0 bridgehead atoms. The van der Waals surface area contributed by atoms with Gasteiger partial charge in [0.25, 0.3) is 0 Å². The molecule has 2 N–H and O–H groups in total. The fourth-order valence-corrected chi connectivity index (χ4v) is 2.99. The van der Waals surface area contributed by atoms with Crippen molar-refractivity contribution in [3.63, 3.8) is 0 Å². The number of thioether (sulfide) groups is 1. The first-order valence-electron chi connectivity index (χ1n) is 7.13. The van der Waals surface area contributed by atoms with E-state index < -0.39 is 22.8 Å². The van der Waals surface area contributed by atoms with E-state index in [1.165, 1.54) is 22.3 Å². The molecule has 0 saturated carbocycles. The van der Waals surface area contributed by atoms with E-state index in [1.54, 1.807) is 12.1 Å². The van der Waals surface area contributed by atoms with Crippen LogP contribution in [-0.2, 0) is 4.79 Å². The first kappa shape index (κ1) is 16.3. The number of nitrogens with zero attached hydrogens (tertiary/aromatic N) is 4. The number of nitrogens with two attached hydrogens (primary N) is 1. The van der Waals surface area contributed by atoms with Crippen molar-refractivity contribution in [1.82, 2.24) is 19.8 Å². The summed E-state index contributed by atoms with van der Waals surface area (Å²) in [5.41, 5.74) is 6.14. The number of hydrogen-bond acceptors (Lipinski definition) is 5. The zero-order valence-electron chi connectivity index (χ0n) is 12.6. The van der Waals surface area contributed by atoms with Gasteiger partial charge in [-0.25, -0.2) is 8.78 Å². The quantitative estimate of drug-likeness (QED) is 0.715. The van der Waals surface area contributed by atoms with Crippen LogP contribution in [0.15, 0.2) is 35.4 Å². The molecule has 3 rings (SSSR count). The topological polar surface area (TPSA) is 86.2 Å². The normalized spacial score (nSPS) is 12.5. The maximum absolute atomic E-state index is 13.4. The third kappa shape index (κ3) is 3.07. The van der Waals surface area contributed by atoms with E-state index in [0.29, 0.717) is 22.7 Å². The number of benzene rings is 1. The van der Waals surface area contributed by atoms with Gasteiger partial charge in [-0.1, -0.05) is 18.7 Å². The van der Waals surface area contributed by atoms with Crippen LogP contribution in [0.1, 0.15) is 13.3 Å². The molecular formula is C15H13F2N5OS. The van der Waals surface area contributed by atoms with E-state index in [0.717, 1.165) is 12.1 Å². The number of rotatable bonds is 5. The van der Waals surface area contributed by atoms with Crippen LogP contribution in [0.5, 0.6) is 0 Å². The van der Waals surface area contributed by atoms with Gasteiger partial charge in [-0.2, -0.15) is 9.61 Å². The highest BCUT2D eigenvalue weighted by Crippen LogP contribution is 2.25. The molecule has 1 atom stereocenters. The molecule has 9 heteroatoms. The van der Waals surface area contributed by atoms with Gasteiger partial charge in [-0.05, 0) is 36.8 Å². The molecule has 0 unspecified atom stereocenters. The van der Waals surface area contributed by atoms with Crippen LogP contribution >= 0.6 is 11.8 Å². The van der Waals surface area contributed by atoms with Crippen molar-refractivity contribution in [2.75, 3.05) is 0 Å². The van der Waals surface area contributed by atoms with Gasteiger partial charge in [0.2, 0.25) is 5.91 Å². The van der Waals surface area contributed by atoms with Crippen molar-refractivity contribution < 1.29 is 13.6 Å². The number of carbonyl (C=O) groups excluding carboxylic acids is 1. The highest BCUT2D eigenvalue weighted by molar-refractivity contribution is 8.00. The second kappa shape index (κ2) is 6.52. The molecule has 0 saturated heterocycles. The fraction of sp³-hybridized carbons (Fsp3) is 0.200. The Labute approximate surface area is 140 Å². The summed E-state index contributed by atoms with van der Waals surface area (Å²) in [6, 6.07) is 6.83. The lowest BCUT2D eigenvalue weighted by Crippen LogP contribution is -2.25. The van der Waals surface area contributed by atoms with E-state index in [9.17, 15) is 13.6 Å². The third-order valence-corrected chi connectivity index (χ3v) is 4.68. The Morgan fingerprint density at radius 1 is 1.25 bits per heavy atom. The summed E-state index contributed by atoms with van der Waals surface area (Å²) in [6.07, 6.45) is 0.567. The molecule has 1 amide bonds. The zero-order valence-corrected chi connectivity index (χ0v) is 13.4. The van der Waals surface area contributed by atoms with Gasteiger partial charge in [-0.3, -0.25) is 4.79 Å². The van der Waals surface area contributed by atoms with Crippen molar-refractivity contribution in [3.05, 3.63) is 42.0 Å². The molecule has 0 aliphatic heterocycles. The standard InChI is InChI=1S/C15H13F2N5OS/c1-2-11(14(18)23)24-13-6-5-12-19-20-15(22(12)21-13)8-3-4-9(16)10(17)7-8/h3-7,11H,2H2,1H3,(H2,18,23)/t11-/m1/s1. The minimum atomic E-state index is -0.977. The maximum Gasteiger partial charge on any atom is 0.230 e. The lowest BCUT2D eigenvalue weighted by molar-refractivity contribution is -0.117. The number of halogens is 2. The number of hydrogen-bond donors (Lipinski definition) is 1. The van der Waals surface area contributed by atoms with Gasteiger partial charge in [0.15, 0.2) is 23.1 Å². The first-order valence-corrected chi connectivity index (χ1v) is 8.01. The van der Waals surface area contributed by atoms with Gasteiger partial charge < -0.3 is 5.73 Å². The number of carbonyl (C=O) groups is 1. The average Bonchev–Trinajstić information content (AvgIpc) is 2.98. The first-order chi connectivity index (χ1) is 11.5. The van der Waals surface area contributed by atoms with Gasteiger partial charge in [0.1, 0.15) is 5.03 Å². The second-order valence-corrected chi connectivity index (χ2v) is 6.23. The van der Waals surface area contributed by atoms with Crippen LogP contribution in [0.25, 0.3) is 17.0 Å². The molecule has 2 heterocycles. The molecule has 0 spiro atoms. The zero-order chi connectivity index (χ0) is 17.3. The SMILES string of the molecule is CC[C@@H](Sc1ccc2nnc(-c3ccc(F)c(F)c3)n2n1)C(N)=O. The summed E-state index contributed by atoms with van der Waals surface area (Å²) in [7, 11) is 0. The number of amides is 1. The van der Waals surface area contributed by atoms with Crippen LogP contribution in [0.3, 0.4) is 0 Å². The van der Waals surface area contributed by atoms with Gasteiger partial charge in [0.05, 0.1) is 5.25 Å². The van der Waals surface area contributed by atoms with E-state index in [1.807, 2.05) is 6.92 Å². The van der Waals surface area contributed by atoms with Gasteiger partial charge >= 0.3 is 0 Å². The minimum Gasteiger partial charge on any atom is -0.369 e. The van der Waals surface area contributed by atoms with Crippen molar-refractivity contribution >= 4 is 23.3 Å². The van der Waals surface area contributed by atoms with Crippen molar-refractivity contribution in [1.29, 1.82) is 0 Å². The molecule has 0 aliphatic carbocycles. The van der Waals surface area contributed by atoms with E-state index in [-0.39, 0.29) is 5.82 Å². The Balaban J connectivity index is 2.02. The molecule has 1 aromatic carbocycles. The fourth-order valence-electron chi connectivity index (χ4n) is 2.14. The summed E-state index contributed by atoms with van der Waals surface area (Å²) >= 11 is 1.23. The summed E-state index contributed by atoms with van der Waals surface area (Å²) in [4.78, 5) is 11.4. The number of fused-ring (bicyclic) bond motifs is 1. The smallest absolute Gasteiger partial charge is 0.230 e. The van der Waals surface area contributed by atoms with Gasteiger partial charge in [0, 0.05) is 5.56 Å². The molecule has 0 aliphatic rings. The Kier molecular flexibility index (Phi) is 4.43. The average molecular weight is 349 g/mol. The van der Waals surface area contributed by atoms with E-state index in [2.05, 4.69) is 15.3 Å². The molecule has 3 aromatic rings. The minimum absolute atomic E-state index is 0.276. The molecule has 2 aromatic heterocycles. The molecular weight excluding hydrogens is 336 g/mol. The third-order valence-electron chi connectivity index (χ3n) is 3.37.